The fraction of sp³-hybridized carbons (Fsp3) is 0.739. The number of ether oxygens (including phenoxy) is 1. The van der Waals surface area contributed by atoms with Crippen LogP contribution in [-0.4, -0.2) is 86.9 Å². The van der Waals surface area contributed by atoms with E-state index in [9.17, 15) is 22.8 Å². The summed E-state index contributed by atoms with van der Waals surface area (Å²) < 4.78 is 40.3. The maximum Gasteiger partial charge on any atom is 0.490 e. The Kier molecular flexibility index (Phi) is 8.85. The minimum Gasteiger partial charge on any atom is -0.475 e. The Morgan fingerprint density at radius 3 is 2.31 bits per heavy atom. The molecule has 1 aromatic heterocycles. The fourth-order valence-electron chi connectivity index (χ4n) is 5.01. The number of carboxylic acid groups (broad SMARTS) is 1. The minimum absolute atomic E-state index is 0.0293. The molecule has 202 valence electrons. The second kappa shape index (κ2) is 11.5. The Bertz CT molecular complexity index is 919. The molecule has 1 aromatic rings. The summed E-state index contributed by atoms with van der Waals surface area (Å²) in [6, 6.07) is 0.348. The van der Waals surface area contributed by atoms with Gasteiger partial charge in [-0.1, -0.05) is 12.8 Å². The molecule has 1 unspecified atom stereocenters. The third-order valence-electron chi connectivity index (χ3n) is 6.99. The van der Waals surface area contributed by atoms with E-state index in [-0.39, 0.29) is 11.9 Å². The Hall–Kier alpha value is -2.83. The number of nitrogens with one attached hydrogen (secondary N) is 1. The van der Waals surface area contributed by atoms with Crippen molar-refractivity contribution in [2.45, 2.75) is 82.8 Å². The van der Waals surface area contributed by atoms with Crippen molar-refractivity contribution in [1.82, 2.24) is 24.7 Å². The first-order valence-corrected chi connectivity index (χ1v) is 12.3. The number of hydrogen-bond acceptors (Lipinski definition) is 5. The van der Waals surface area contributed by atoms with Crippen LogP contribution in [-0.2, 0) is 26.5 Å². The molecule has 1 spiro atoms. The lowest BCUT2D eigenvalue weighted by Crippen LogP contribution is -2.56. The van der Waals surface area contributed by atoms with Crippen molar-refractivity contribution in [3.05, 3.63) is 18.2 Å². The molecular weight excluding hydrogens is 483 g/mol. The van der Waals surface area contributed by atoms with Gasteiger partial charge in [-0.3, -0.25) is 4.79 Å². The van der Waals surface area contributed by atoms with Crippen molar-refractivity contribution in [1.29, 1.82) is 0 Å². The molecular formula is C23H34F3N5O5. The van der Waals surface area contributed by atoms with Crippen LogP contribution < -0.4 is 5.32 Å². The highest BCUT2D eigenvalue weighted by Crippen LogP contribution is 2.40. The van der Waals surface area contributed by atoms with E-state index in [1.54, 1.807) is 6.20 Å². The second-order valence-corrected chi connectivity index (χ2v) is 9.24. The Morgan fingerprint density at radius 2 is 1.78 bits per heavy atom. The maximum atomic E-state index is 13.0. The first kappa shape index (κ1) is 27.8. The number of halogens is 3. The third kappa shape index (κ3) is 6.29. The van der Waals surface area contributed by atoms with E-state index in [4.69, 9.17) is 14.6 Å². The number of carboxylic acids is 1. The standard InChI is InChI=1S/C21H33N5O3.C2HF3O2/c1-3-24(4-2)18(27)17-15-26-14-11-22-19(26)21(29-17)9-12-25(13-10-21)20(28)23-16-7-5-6-8-16;3-2(4,5)1(6)7/h11,14,16-17H,3-10,12-13,15H2,1-2H3,(H,23,28);(H,6,7). The third-order valence-corrected chi connectivity index (χ3v) is 6.99. The number of alkyl halides is 3. The van der Waals surface area contributed by atoms with Gasteiger partial charge in [-0.15, -0.1) is 0 Å². The van der Waals surface area contributed by atoms with Gasteiger partial charge >= 0.3 is 18.2 Å². The van der Waals surface area contributed by atoms with E-state index >= 15 is 0 Å². The van der Waals surface area contributed by atoms with Gasteiger partial charge in [0.1, 0.15) is 11.4 Å². The van der Waals surface area contributed by atoms with Crippen molar-refractivity contribution in [3.8, 4) is 0 Å². The SMILES string of the molecule is CCN(CC)C(=O)C1Cn2ccnc2C2(CCN(C(=O)NC3CCCC3)CC2)O1.O=C(O)C(F)(F)F. The zero-order valence-electron chi connectivity index (χ0n) is 20.6. The van der Waals surface area contributed by atoms with Crippen LogP contribution in [0.2, 0.25) is 0 Å². The van der Waals surface area contributed by atoms with Crippen molar-refractivity contribution in [3.63, 3.8) is 0 Å². The number of carbonyl (C=O) groups is 3. The van der Waals surface area contributed by atoms with Gasteiger partial charge in [0.05, 0.1) is 6.54 Å². The summed E-state index contributed by atoms with van der Waals surface area (Å²) in [7, 11) is 0. The van der Waals surface area contributed by atoms with E-state index in [0.29, 0.717) is 51.6 Å². The summed E-state index contributed by atoms with van der Waals surface area (Å²) in [5, 5.41) is 10.3. The number of carbonyl (C=O) groups excluding carboxylic acids is 2. The van der Waals surface area contributed by atoms with Crippen LogP contribution in [0.15, 0.2) is 12.4 Å². The van der Waals surface area contributed by atoms with Crippen molar-refractivity contribution in [2.75, 3.05) is 26.2 Å². The molecule has 10 nitrogen and oxygen atoms in total. The highest BCUT2D eigenvalue weighted by Gasteiger charge is 2.48. The number of imidazole rings is 1. The molecule has 0 bridgehead atoms. The molecule has 0 aromatic carbocycles. The minimum atomic E-state index is -5.08. The molecule has 2 N–H and O–H groups in total. The summed E-state index contributed by atoms with van der Waals surface area (Å²) in [5.74, 6) is -1.83. The van der Waals surface area contributed by atoms with Gasteiger partial charge in [-0.05, 0) is 26.7 Å². The molecule has 3 aliphatic rings. The lowest BCUT2D eigenvalue weighted by Gasteiger charge is -2.46. The molecule has 4 rings (SSSR count). The number of fused-ring (bicyclic) bond motifs is 2. The van der Waals surface area contributed by atoms with Crippen LogP contribution in [0.25, 0.3) is 0 Å². The van der Waals surface area contributed by atoms with E-state index in [2.05, 4.69) is 14.9 Å². The van der Waals surface area contributed by atoms with Gasteiger partial charge in [0, 0.05) is 57.5 Å². The molecule has 1 atom stereocenters. The number of urea groups is 1. The number of piperidine rings is 1. The first-order valence-electron chi connectivity index (χ1n) is 12.3. The highest BCUT2D eigenvalue weighted by molar-refractivity contribution is 5.81. The predicted octanol–water partition coefficient (Wildman–Crippen LogP) is 2.73. The first-order chi connectivity index (χ1) is 17.0. The second-order valence-electron chi connectivity index (χ2n) is 9.24. The molecule has 1 saturated carbocycles. The zero-order chi connectivity index (χ0) is 26.5. The molecule has 36 heavy (non-hydrogen) atoms. The van der Waals surface area contributed by atoms with Gasteiger partial charge < -0.3 is 29.5 Å². The molecule has 2 aliphatic heterocycles. The predicted molar refractivity (Wildman–Crippen MR) is 122 cm³/mol. The topological polar surface area (TPSA) is 117 Å². The summed E-state index contributed by atoms with van der Waals surface area (Å²) in [6.07, 6.45) is 4.01. The van der Waals surface area contributed by atoms with Crippen LogP contribution in [0.4, 0.5) is 18.0 Å². The Balaban J connectivity index is 0.000000454. The van der Waals surface area contributed by atoms with Crippen molar-refractivity contribution in [2.24, 2.45) is 0 Å². The van der Waals surface area contributed by atoms with Gasteiger partial charge in [-0.25, -0.2) is 14.6 Å². The van der Waals surface area contributed by atoms with Crippen LogP contribution in [0.5, 0.6) is 0 Å². The van der Waals surface area contributed by atoms with E-state index in [1.807, 2.05) is 29.8 Å². The molecule has 3 amide bonds. The quantitative estimate of drug-likeness (QED) is 0.635. The number of likely N-dealkylation sites (tertiary alicyclic amines) is 1. The summed E-state index contributed by atoms with van der Waals surface area (Å²) in [5.41, 5.74) is -0.598. The van der Waals surface area contributed by atoms with Gasteiger partial charge in [0.25, 0.3) is 5.91 Å². The normalized spacial score (nSPS) is 21.4. The summed E-state index contributed by atoms with van der Waals surface area (Å²) in [4.78, 5) is 42.8. The number of nitrogens with zero attached hydrogens (tertiary/aromatic N) is 4. The van der Waals surface area contributed by atoms with Gasteiger partial charge in [0.2, 0.25) is 0 Å². The maximum absolute atomic E-state index is 13.0. The van der Waals surface area contributed by atoms with Crippen LogP contribution in [0.3, 0.4) is 0 Å². The van der Waals surface area contributed by atoms with Gasteiger partial charge in [-0.2, -0.15) is 13.2 Å². The molecule has 3 heterocycles. The van der Waals surface area contributed by atoms with Crippen LogP contribution >= 0.6 is 0 Å². The number of aromatic nitrogens is 2. The van der Waals surface area contributed by atoms with E-state index in [0.717, 1.165) is 18.7 Å². The monoisotopic (exact) mass is 517 g/mol. The van der Waals surface area contributed by atoms with Crippen molar-refractivity contribution < 1.29 is 37.4 Å². The number of amides is 3. The van der Waals surface area contributed by atoms with Gasteiger partial charge in [0.15, 0.2) is 6.10 Å². The van der Waals surface area contributed by atoms with Crippen LogP contribution in [0.1, 0.15) is 58.2 Å². The number of aliphatic carboxylic acids is 1. The van der Waals surface area contributed by atoms with E-state index < -0.39 is 23.9 Å². The lowest BCUT2D eigenvalue weighted by atomic mass is 9.88. The average Bonchev–Trinajstić information content (AvgIpc) is 3.52. The van der Waals surface area contributed by atoms with E-state index in [1.165, 1.54) is 12.8 Å². The summed E-state index contributed by atoms with van der Waals surface area (Å²) >= 11 is 0. The van der Waals surface area contributed by atoms with Crippen LogP contribution in [0, 0.1) is 0 Å². The smallest absolute Gasteiger partial charge is 0.475 e. The van der Waals surface area contributed by atoms with Crippen molar-refractivity contribution >= 4 is 17.9 Å². The Morgan fingerprint density at radius 1 is 1.19 bits per heavy atom. The molecule has 1 aliphatic carbocycles. The fourth-order valence-corrected chi connectivity index (χ4v) is 5.01. The zero-order valence-corrected chi connectivity index (χ0v) is 20.6. The Labute approximate surface area is 207 Å². The average molecular weight is 518 g/mol. The summed E-state index contributed by atoms with van der Waals surface area (Å²) in [6.45, 7) is 7.05. The highest BCUT2D eigenvalue weighted by atomic mass is 19.4. The molecule has 13 heteroatoms. The number of likely N-dealkylation sites (N-methyl/N-ethyl adjacent to an activating group) is 1. The lowest BCUT2D eigenvalue weighted by molar-refractivity contribution is -0.192. The molecule has 2 fully saturated rings. The largest absolute Gasteiger partial charge is 0.490 e. The molecule has 0 radical (unpaired) electrons. The number of rotatable bonds is 4. The molecule has 1 saturated heterocycles. The number of hydrogen-bond donors (Lipinski definition) is 2.